The Kier molecular flexibility index (Phi) is 16.3. The number of aliphatic hydroxyl groups is 1. The van der Waals surface area contributed by atoms with Crippen LogP contribution in [0.5, 0.6) is 5.75 Å². The molecule has 5 atom stereocenters. The van der Waals surface area contributed by atoms with E-state index in [9.17, 15) is 14.7 Å². The van der Waals surface area contributed by atoms with Gasteiger partial charge in [-0.1, -0.05) is 45.9 Å². The number of nitrogens with two attached hydrogens (primary N) is 1. The van der Waals surface area contributed by atoms with Gasteiger partial charge in [-0.3, -0.25) is 9.59 Å². The number of aromatic nitrogens is 1. The number of aryl methyl sites for hydroxylation is 1. The van der Waals surface area contributed by atoms with E-state index in [0.717, 1.165) is 25.0 Å². The highest BCUT2D eigenvalue weighted by molar-refractivity contribution is 5.85. The summed E-state index contributed by atoms with van der Waals surface area (Å²) >= 11 is 0. The molecule has 2 rings (SSSR count). The monoisotopic (exact) mass is 593 g/mol. The lowest BCUT2D eigenvalue weighted by atomic mass is 9.80. The van der Waals surface area contributed by atoms with E-state index in [4.69, 9.17) is 15.2 Å². The molecule has 1 heterocycles. The van der Waals surface area contributed by atoms with Gasteiger partial charge >= 0.3 is 0 Å². The first-order valence-electron chi connectivity index (χ1n) is 14.5. The molecule has 1 aromatic carbocycles. The summed E-state index contributed by atoms with van der Waals surface area (Å²) in [6.45, 7) is 10.6. The highest BCUT2D eigenvalue weighted by Crippen LogP contribution is 2.29. The van der Waals surface area contributed by atoms with Gasteiger partial charge in [-0.15, -0.1) is 12.4 Å². The lowest BCUT2D eigenvalue weighted by Gasteiger charge is -2.30. The molecule has 1 unspecified atom stereocenters. The Labute approximate surface area is 252 Å². The number of nitrogens with one attached hydrogen (secondary N) is 2. The van der Waals surface area contributed by atoms with Crippen molar-refractivity contribution in [3.63, 3.8) is 0 Å². The van der Waals surface area contributed by atoms with Crippen molar-refractivity contribution in [1.82, 2.24) is 10.3 Å². The van der Waals surface area contributed by atoms with Crippen LogP contribution in [-0.2, 0) is 28.9 Å². The van der Waals surface area contributed by atoms with Crippen LogP contribution in [0.1, 0.15) is 70.7 Å². The van der Waals surface area contributed by atoms with Crippen molar-refractivity contribution in [3.05, 3.63) is 63.6 Å². The second-order valence-corrected chi connectivity index (χ2v) is 11.8. The highest BCUT2D eigenvalue weighted by Gasteiger charge is 2.29. The molecule has 0 aliphatic heterocycles. The van der Waals surface area contributed by atoms with Gasteiger partial charge < -0.3 is 30.6 Å². The normalized spacial score (nSPS) is 15.1. The van der Waals surface area contributed by atoms with Gasteiger partial charge in [-0.05, 0) is 80.0 Å². The molecule has 232 valence electrons. The Bertz CT molecular complexity index is 1110. The average molecular weight is 594 g/mol. The van der Waals surface area contributed by atoms with Crippen LogP contribution in [0.4, 0.5) is 0 Å². The number of aliphatic hydroxyl groups excluding tert-OH is 1. The van der Waals surface area contributed by atoms with Crippen molar-refractivity contribution in [2.24, 2.45) is 29.4 Å². The summed E-state index contributed by atoms with van der Waals surface area (Å²) in [7, 11) is 3.43. The number of aromatic amines is 1. The number of carbonyl (C=O) groups is 1. The van der Waals surface area contributed by atoms with Gasteiger partial charge in [0.05, 0.1) is 25.9 Å². The molecule has 0 saturated carbocycles. The standard InChI is InChI=1S/C32H51N3O5.ClH/c1-20(2)25(16-23-12-14-30(40-7)24(15-23)13-11-22(5)39-6)17-28(33)29(36)18-27(21(3)4)32(38)34-19-26-9-8-10-31(37)35-26;/h8-10,12,14-15,20-22,25,27-29,36H,11,13,16-19,33H2,1-7H3,(H,34,38)(H,35,37);1H/t22?,25-,27-,28-,29-;/m0./s1. The maximum Gasteiger partial charge on any atom is 0.248 e. The van der Waals surface area contributed by atoms with Crippen molar-refractivity contribution < 1.29 is 19.4 Å². The Morgan fingerprint density at radius 1 is 1.05 bits per heavy atom. The first kappa shape index (κ1) is 36.6. The zero-order valence-electron chi connectivity index (χ0n) is 25.8. The smallest absolute Gasteiger partial charge is 0.248 e. The molecular formula is C32H52ClN3O5. The van der Waals surface area contributed by atoms with Crippen molar-refractivity contribution in [2.75, 3.05) is 14.2 Å². The lowest BCUT2D eigenvalue weighted by molar-refractivity contribution is -0.127. The maximum absolute atomic E-state index is 13.0. The number of methoxy groups -OCH3 is 2. The molecule has 0 aliphatic carbocycles. The van der Waals surface area contributed by atoms with Crippen molar-refractivity contribution >= 4 is 18.3 Å². The van der Waals surface area contributed by atoms with Crippen LogP contribution in [0.25, 0.3) is 0 Å². The van der Waals surface area contributed by atoms with Gasteiger partial charge in [0.1, 0.15) is 5.75 Å². The van der Waals surface area contributed by atoms with Crippen molar-refractivity contribution in [1.29, 1.82) is 0 Å². The second kappa shape index (κ2) is 18.2. The van der Waals surface area contributed by atoms with Crippen molar-refractivity contribution in [2.45, 2.75) is 91.5 Å². The van der Waals surface area contributed by atoms with Crippen LogP contribution in [-0.4, -0.2) is 48.5 Å². The molecule has 1 amide bonds. The molecule has 2 aromatic rings. The van der Waals surface area contributed by atoms with E-state index in [1.54, 1.807) is 26.4 Å². The zero-order chi connectivity index (χ0) is 29.8. The predicted molar refractivity (Wildman–Crippen MR) is 168 cm³/mol. The number of amides is 1. The quantitative estimate of drug-likeness (QED) is 0.212. The molecule has 9 heteroatoms. The van der Waals surface area contributed by atoms with Crippen LogP contribution in [0.3, 0.4) is 0 Å². The number of hydrogen-bond donors (Lipinski definition) is 4. The van der Waals surface area contributed by atoms with E-state index < -0.39 is 18.1 Å². The molecule has 1 aromatic heterocycles. The predicted octanol–water partition coefficient (Wildman–Crippen LogP) is 4.64. The first-order valence-corrected chi connectivity index (χ1v) is 14.5. The number of hydrogen-bond acceptors (Lipinski definition) is 6. The highest BCUT2D eigenvalue weighted by atomic mass is 35.5. The molecule has 8 nitrogen and oxygen atoms in total. The fourth-order valence-electron chi connectivity index (χ4n) is 5.06. The van der Waals surface area contributed by atoms with Gasteiger partial charge in [0.25, 0.3) is 0 Å². The summed E-state index contributed by atoms with van der Waals surface area (Å²) in [6, 6.07) is 10.8. The van der Waals surface area contributed by atoms with Gasteiger partial charge in [0.2, 0.25) is 11.5 Å². The van der Waals surface area contributed by atoms with E-state index in [2.05, 4.69) is 43.2 Å². The second-order valence-electron chi connectivity index (χ2n) is 11.8. The minimum Gasteiger partial charge on any atom is -0.496 e. The molecule has 0 aliphatic rings. The number of benzene rings is 1. The zero-order valence-corrected chi connectivity index (χ0v) is 26.6. The fourth-order valence-corrected chi connectivity index (χ4v) is 5.06. The minimum atomic E-state index is -0.808. The number of pyridine rings is 1. The third-order valence-electron chi connectivity index (χ3n) is 8.00. The first-order chi connectivity index (χ1) is 18.9. The van der Waals surface area contributed by atoms with Gasteiger partial charge in [0.15, 0.2) is 0 Å². The molecule has 0 spiro atoms. The third-order valence-corrected chi connectivity index (χ3v) is 8.00. The molecule has 0 fully saturated rings. The topological polar surface area (TPSA) is 127 Å². The SMILES string of the molecule is COc1ccc(C[C@@H](C[C@H](N)[C@@H](O)C[C@H](C(=O)NCc2cccc(=O)[nH]2)C(C)C)C(C)C)cc1CCC(C)OC.Cl. The van der Waals surface area contributed by atoms with Crippen LogP contribution < -0.4 is 21.3 Å². The summed E-state index contributed by atoms with van der Waals surface area (Å²) in [5.41, 5.74) is 9.37. The summed E-state index contributed by atoms with van der Waals surface area (Å²) in [4.78, 5) is 27.2. The molecule has 0 bridgehead atoms. The lowest BCUT2D eigenvalue weighted by Crippen LogP contribution is -2.42. The molecule has 5 N–H and O–H groups in total. The Balaban J connectivity index is 0.00000840. The summed E-state index contributed by atoms with van der Waals surface area (Å²) < 4.78 is 11.0. The van der Waals surface area contributed by atoms with Gasteiger partial charge in [-0.2, -0.15) is 0 Å². The summed E-state index contributed by atoms with van der Waals surface area (Å²) in [5, 5.41) is 14.0. The van der Waals surface area contributed by atoms with Crippen LogP contribution in [0, 0.1) is 23.7 Å². The van der Waals surface area contributed by atoms with E-state index >= 15 is 0 Å². The number of carbonyl (C=O) groups excluding carboxylic acids is 1. The number of halogens is 1. The largest absolute Gasteiger partial charge is 0.496 e. The van der Waals surface area contributed by atoms with Crippen LogP contribution in [0.2, 0.25) is 0 Å². The van der Waals surface area contributed by atoms with E-state index in [1.807, 2.05) is 19.9 Å². The van der Waals surface area contributed by atoms with Gasteiger partial charge in [0, 0.05) is 30.8 Å². The number of rotatable bonds is 17. The van der Waals surface area contributed by atoms with Crippen LogP contribution in [0.15, 0.2) is 41.2 Å². The summed E-state index contributed by atoms with van der Waals surface area (Å²) in [5.74, 6) is 1.00. The fraction of sp³-hybridized carbons (Fsp3) is 0.625. The summed E-state index contributed by atoms with van der Waals surface area (Å²) in [6.07, 6.45) is 2.93. The molecule has 0 saturated heterocycles. The van der Waals surface area contributed by atoms with Crippen molar-refractivity contribution in [3.8, 4) is 5.75 Å². The molecule has 41 heavy (non-hydrogen) atoms. The molecular weight excluding hydrogens is 542 g/mol. The van der Waals surface area contributed by atoms with E-state index in [1.165, 1.54) is 17.2 Å². The van der Waals surface area contributed by atoms with Crippen LogP contribution >= 0.6 is 12.4 Å². The van der Waals surface area contributed by atoms with Gasteiger partial charge in [-0.25, -0.2) is 0 Å². The minimum absolute atomic E-state index is 0. The Morgan fingerprint density at radius 3 is 2.34 bits per heavy atom. The number of H-pyrrole nitrogens is 1. The maximum atomic E-state index is 13.0. The molecule has 0 radical (unpaired) electrons. The Morgan fingerprint density at radius 2 is 1.76 bits per heavy atom. The van der Waals surface area contributed by atoms with E-state index in [0.29, 0.717) is 18.0 Å². The van der Waals surface area contributed by atoms with E-state index in [-0.39, 0.29) is 54.8 Å². The number of ether oxygens (including phenoxy) is 2. The Hall–Kier alpha value is -2.39. The third kappa shape index (κ3) is 12.2. The average Bonchev–Trinajstić information content (AvgIpc) is 2.92.